The molecule has 0 aliphatic rings. The standard InChI is InChI=1S/C10H7F5INO3/c1-2-19-9(18)6-7(20-10(13,14)15)4(8(11)12)3-5(16)17-6/h3,8H,2H2,1H3. The summed E-state index contributed by atoms with van der Waals surface area (Å²) < 4.78 is 70.2. The number of halogens is 6. The molecule has 1 heterocycles. The zero-order valence-electron chi connectivity index (χ0n) is 9.80. The Labute approximate surface area is 123 Å². The van der Waals surface area contributed by atoms with Crippen LogP contribution in [0.2, 0.25) is 0 Å². The lowest BCUT2D eigenvalue weighted by molar-refractivity contribution is -0.275. The van der Waals surface area contributed by atoms with Crippen LogP contribution in [-0.2, 0) is 4.74 Å². The Hall–Kier alpha value is -1.20. The second-order valence-corrected chi connectivity index (χ2v) is 4.39. The van der Waals surface area contributed by atoms with Gasteiger partial charge < -0.3 is 9.47 Å². The first-order valence-electron chi connectivity index (χ1n) is 5.07. The summed E-state index contributed by atoms with van der Waals surface area (Å²) in [5.74, 6) is -2.61. The van der Waals surface area contributed by atoms with Gasteiger partial charge in [0.25, 0.3) is 6.43 Å². The number of ether oxygens (including phenoxy) is 2. The van der Waals surface area contributed by atoms with Crippen molar-refractivity contribution in [3.8, 4) is 5.75 Å². The highest BCUT2D eigenvalue weighted by molar-refractivity contribution is 14.1. The number of hydrogen-bond acceptors (Lipinski definition) is 4. The van der Waals surface area contributed by atoms with E-state index in [1.165, 1.54) is 29.5 Å². The largest absolute Gasteiger partial charge is 0.573 e. The average Bonchev–Trinajstić information content (AvgIpc) is 2.29. The summed E-state index contributed by atoms with van der Waals surface area (Å²) >= 11 is 1.49. The number of esters is 1. The van der Waals surface area contributed by atoms with Crippen LogP contribution in [0.15, 0.2) is 6.07 Å². The van der Waals surface area contributed by atoms with Gasteiger partial charge in [-0.3, -0.25) is 0 Å². The monoisotopic (exact) mass is 411 g/mol. The van der Waals surface area contributed by atoms with Gasteiger partial charge in [-0.05, 0) is 35.6 Å². The van der Waals surface area contributed by atoms with Gasteiger partial charge in [-0.1, -0.05) is 0 Å². The molecule has 10 heteroatoms. The van der Waals surface area contributed by atoms with E-state index in [2.05, 4.69) is 14.5 Å². The van der Waals surface area contributed by atoms with E-state index in [1.54, 1.807) is 0 Å². The van der Waals surface area contributed by atoms with Crippen molar-refractivity contribution in [3.63, 3.8) is 0 Å². The fourth-order valence-electron chi connectivity index (χ4n) is 1.24. The van der Waals surface area contributed by atoms with Crippen molar-refractivity contribution in [1.29, 1.82) is 0 Å². The highest BCUT2D eigenvalue weighted by atomic mass is 127. The molecule has 0 bridgehead atoms. The zero-order valence-corrected chi connectivity index (χ0v) is 12.0. The van der Waals surface area contributed by atoms with Crippen molar-refractivity contribution in [1.82, 2.24) is 4.98 Å². The molecule has 20 heavy (non-hydrogen) atoms. The van der Waals surface area contributed by atoms with E-state index in [-0.39, 0.29) is 10.3 Å². The average molecular weight is 411 g/mol. The third-order valence-electron chi connectivity index (χ3n) is 1.89. The number of alkyl halides is 5. The summed E-state index contributed by atoms with van der Waals surface area (Å²) in [5.41, 5.74) is -2.02. The van der Waals surface area contributed by atoms with Crippen molar-refractivity contribution < 1.29 is 36.2 Å². The molecule has 0 saturated carbocycles. The fourth-order valence-corrected chi connectivity index (χ4v) is 1.82. The Morgan fingerprint density at radius 2 is 2.05 bits per heavy atom. The van der Waals surface area contributed by atoms with Gasteiger partial charge in [-0.2, -0.15) is 0 Å². The Bertz CT molecular complexity index is 506. The number of carbonyl (C=O) groups excluding carboxylic acids is 1. The van der Waals surface area contributed by atoms with E-state index in [4.69, 9.17) is 0 Å². The first-order valence-corrected chi connectivity index (χ1v) is 6.15. The molecule has 0 fully saturated rings. The molecule has 0 unspecified atom stereocenters. The molecule has 0 aromatic carbocycles. The molecule has 0 aliphatic heterocycles. The van der Waals surface area contributed by atoms with Gasteiger partial charge in [-0.15, -0.1) is 13.2 Å². The fraction of sp³-hybridized carbons (Fsp3) is 0.400. The maximum atomic E-state index is 12.8. The van der Waals surface area contributed by atoms with Gasteiger partial charge in [0.1, 0.15) is 3.70 Å². The molecule has 0 spiro atoms. The second kappa shape index (κ2) is 6.50. The maximum Gasteiger partial charge on any atom is 0.573 e. The summed E-state index contributed by atoms with van der Waals surface area (Å²) in [6.45, 7) is 1.26. The summed E-state index contributed by atoms with van der Waals surface area (Å²) in [6, 6.07) is 0.703. The van der Waals surface area contributed by atoms with E-state index in [9.17, 15) is 26.7 Å². The Morgan fingerprint density at radius 1 is 1.45 bits per heavy atom. The molecule has 0 atom stereocenters. The molecule has 0 aliphatic carbocycles. The first-order chi connectivity index (χ1) is 9.15. The third kappa shape index (κ3) is 4.42. The maximum absolute atomic E-state index is 12.8. The van der Waals surface area contributed by atoms with Crippen LogP contribution in [0.1, 0.15) is 29.4 Å². The summed E-state index contributed by atoms with van der Waals surface area (Å²) in [5, 5.41) is 0. The highest BCUT2D eigenvalue weighted by Crippen LogP contribution is 2.36. The normalized spacial score (nSPS) is 11.6. The van der Waals surface area contributed by atoms with Crippen LogP contribution in [0, 0.1) is 3.70 Å². The van der Waals surface area contributed by atoms with Crippen LogP contribution in [0.5, 0.6) is 5.75 Å². The molecule has 1 aromatic rings. The lowest BCUT2D eigenvalue weighted by Crippen LogP contribution is -2.22. The molecule has 1 aromatic heterocycles. The summed E-state index contributed by atoms with van der Waals surface area (Å²) in [7, 11) is 0. The molecule has 0 radical (unpaired) electrons. The van der Waals surface area contributed by atoms with Crippen LogP contribution >= 0.6 is 22.6 Å². The number of hydrogen-bond donors (Lipinski definition) is 0. The van der Waals surface area contributed by atoms with E-state index in [1.807, 2.05) is 0 Å². The van der Waals surface area contributed by atoms with Gasteiger partial charge in [0.15, 0.2) is 11.4 Å². The molecular formula is C10H7F5INO3. The van der Waals surface area contributed by atoms with E-state index < -0.39 is 35.8 Å². The highest BCUT2D eigenvalue weighted by Gasteiger charge is 2.37. The smallest absolute Gasteiger partial charge is 0.461 e. The number of carbonyl (C=O) groups is 1. The SMILES string of the molecule is CCOC(=O)c1nc(I)cc(C(F)F)c1OC(F)(F)F. The molecule has 0 amide bonds. The summed E-state index contributed by atoms with van der Waals surface area (Å²) in [4.78, 5) is 15.0. The van der Waals surface area contributed by atoms with E-state index in [0.717, 1.165) is 0 Å². The van der Waals surface area contributed by atoms with Crippen molar-refractivity contribution in [2.24, 2.45) is 0 Å². The Morgan fingerprint density at radius 3 is 2.50 bits per heavy atom. The number of nitrogens with zero attached hydrogens (tertiary/aromatic N) is 1. The second-order valence-electron chi connectivity index (χ2n) is 3.28. The minimum Gasteiger partial charge on any atom is -0.461 e. The topological polar surface area (TPSA) is 48.4 Å². The van der Waals surface area contributed by atoms with Gasteiger partial charge in [0, 0.05) is 0 Å². The Balaban J connectivity index is 3.43. The first kappa shape index (κ1) is 16.9. The minimum atomic E-state index is -5.24. The predicted molar refractivity (Wildman–Crippen MR) is 64.6 cm³/mol. The number of aromatic nitrogens is 1. The molecule has 1 rings (SSSR count). The Kier molecular flexibility index (Phi) is 5.48. The quantitative estimate of drug-likeness (QED) is 0.328. The van der Waals surface area contributed by atoms with Crippen LogP contribution in [0.25, 0.3) is 0 Å². The van der Waals surface area contributed by atoms with Gasteiger partial charge in [0.2, 0.25) is 0 Å². The van der Waals surface area contributed by atoms with Crippen LogP contribution < -0.4 is 4.74 Å². The van der Waals surface area contributed by atoms with Gasteiger partial charge in [-0.25, -0.2) is 18.6 Å². The molecule has 4 nitrogen and oxygen atoms in total. The van der Waals surface area contributed by atoms with Crippen molar-refractivity contribution in [2.75, 3.05) is 6.61 Å². The lowest BCUT2D eigenvalue weighted by Gasteiger charge is -2.16. The van der Waals surface area contributed by atoms with Gasteiger partial charge >= 0.3 is 12.3 Å². The molecular weight excluding hydrogens is 404 g/mol. The van der Waals surface area contributed by atoms with Crippen molar-refractivity contribution in [2.45, 2.75) is 19.7 Å². The van der Waals surface area contributed by atoms with E-state index >= 15 is 0 Å². The van der Waals surface area contributed by atoms with Crippen molar-refractivity contribution >= 4 is 28.6 Å². The minimum absolute atomic E-state index is 0.0875. The van der Waals surface area contributed by atoms with Gasteiger partial charge in [0.05, 0.1) is 12.2 Å². The number of rotatable bonds is 4. The van der Waals surface area contributed by atoms with Crippen LogP contribution in [-0.4, -0.2) is 23.9 Å². The lowest BCUT2D eigenvalue weighted by atomic mass is 10.2. The third-order valence-corrected chi connectivity index (χ3v) is 2.44. The van der Waals surface area contributed by atoms with Crippen LogP contribution in [0.3, 0.4) is 0 Å². The van der Waals surface area contributed by atoms with Crippen LogP contribution in [0.4, 0.5) is 22.0 Å². The molecule has 0 N–H and O–H groups in total. The number of pyridine rings is 1. The van der Waals surface area contributed by atoms with E-state index in [0.29, 0.717) is 6.07 Å². The zero-order chi connectivity index (χ0) is 15.5. The summed E-state index contributed by atoms with van der Waals surface area (Å²) in [6.07, 6.45) is -8.50. The molecule has 112 valence electrons. The predicted octanol–water partition coefficient (Wildman–Crippen LogP) is 3.70. The molecule has 0 saturated heterocycles. The van der Waals surface area contributed by atoms with Crippen molar-refractivity contribution in [3.05, 3.63) is 21.0 Å².